The van der Waals surface area contributed by atoms with Crippen molar-refractivity contribution in [1.82, 2.24) is 19.6 Å². The van der Waals surface area contributed by atoms with E-state index < -0.39 is 0 Å². The number of fused-ring (bicyclic) bond motifs is 3. The van der Waals surface area contributed by atoms with Crippen molar-refractivity contribution in [2.24, 2.45) is 0 Å². The summed E-state index contributed by atoms with van der Waals surface area (Å²) in [7, 11) is 0. The average Bonchev–Trinajstić information content (AvgIpc) is 2.87. The predicted molar refractivity (Wildman–Crippen MR) is 78.5 cm³/mol. The van der Waals surface area contributed by atoms with E-state index in [-0.39, 0.29) is 0 Å². The molecule has 1 N–H and O–H groups in total. The van der Waals surface area contributed by atoms with Crippen LogP contribution < -0.4 is 5.32 Å². The van der Waals surface area contributed by atoms with Gasteiger partial charge in [-0.1, -0.05) is 25.1 Å². The minimum Gasteiger partial charge on any atom is -0.337 e. The van der Waals surface area contributed by atoms with Crippen molar-refractivity contribution in [3.8, 4) is 0 Å². The largest absolute Gasteiger partial charge is 0.337 e. The van der Waals surface area contributed by atoms with Gasteiger partial charge in [0.05, 0.1) is 11.0 Å². The van der Waals surface area contributed by atoms with Crippen molar-refractivity contribution in [3.63, 3.8) is 0 Å². The van der Waals surface area contributed by atoms with Crippen molar-refractivity contribution < 1.29 is 0 Å². The van der Waals surface area contributed by atoms with Crippen LogP contribution in [0.25, 0.3) is 16.7 Å². The molecule has 0 amide bonds. The standard InChI is InChI=1S/C15H13N5/c1-2-13-18-19-15-14(16-10-6-5-7-10)17-11-8-3-4-9-12(11)20(13)15/h3-9H,2H2,1H3,(H,16,17). The van der Waals surface area contributed by atoms with E-state index in [4.69, 9.17) is 0 Å². The highest BCUT2D eigenvalue weighted by molar-refractivity contribution is 5.83. The third kappa shape index (κ3) is 1.53. The number of allylic oxidation sites excluding steroid dienone is 3. The number of rotatable bonds is 3. The first kappa shape index (κ1) is 11.2. The molecule has 0 unspecified atom stereocenters. The van der Waals surface area contributed by atoms with Gasteiger partial charge in [-0.2, -0.15) is 0 Å². The van der Waals surface area contributed by atoms with Gasteiger partial charge in [0.15, 0.2) is 5.82 Å². The lowest BCUT2D eigenvalue weighted by Crippen LogP contribution is -2.06. The lowest BCUT2D eigenvalue weighted by molar-refractivity contribution is 0.922. The maximum Gasteiger partial charge on any atom is 0.204 e. The van der Waals surface area contributed by atoms with E-state index in [0.717, 1.165) is 40.4 Å². The number of hydrogen-bond donors (Lipinski definition) is 1. The van der Waals surface area contributed by atoms with Gasteiger partial charge >= 0.3 is 0 Å². The summed E-state index contributed by atoms with van der Waals surface area (Å²) in [6.07, 6.45) is 6.83. The molecule has 20 heavy (non-hydrogen) atoms. The fourth-order valence-electron chi connectivity index (χ4n) is 2.37. The molecule has 0 spiro atoms. The Morgan fingerprint density at radius 3 is 2.80 bits per heavy atom. The SMILES string of the molecule is CCc1nnc2c(NC3=CC=C3)nc3ccccc3n12. The van der Waals surface area contributed by atoms with E-state index in [1.54, 1.807) is 0 Å². The number of hydrogen-bond acceptors (Lipinski definition) is 4. The molecule has 2 aromatic heterocycles. The Morgan fingerprint density at radius 2 is 2.05 bits per heavy atom. The van der Waals surface area contributed by atoms with Crippen LogP contribution in [0.1, 0.15) is 12.7 Å². The summed E-state index contributed by atoms with van der Waals surface area (Å²) in [4.78, 5) is 4.66. The monoisotopic (exact) mass is 263 g/mol. The molecule has 0 radical (unpaired) electrons. The smallest absolute Gasteiger partial charge is 0.204 e. The van der Waals surface area contributed by atoms with Gasteiger partial charge in [-0.25, -0.2) is 4.98 Å². The lowest BCUT2D eigenvalue weighted by Gasteiger charge is -2.12. The van der Waals surface area contributed by atoms with Gasteiger partial charge in [0, 0.05) is 12.1 Å². The van der Waals surface area contributed by atoms with Gasteiger partial charge in [-0.05, 0) is 24.3 Å². The summed E-state index contributed by atoms with van der Waals surface area (Å²) in [6, 6.07) is 8.05. The Bertz CT molecular complexity index is 872. The Kier molecular flexibility index (Phi) is 2.32. The predicted octanol–water partition coefficient (Wildman–Crippen LogP) is 2.71. The summed E-state index contributed by atoms with van der Waals surface area (Å²) < 4.78 is 2.08. The van der Waals surface area contributed by atoms with Crippen molar-refractivity contribution in [2.45, 2.75) is 13.3 Å². The molecule has 0 saturated carbocycles. The molecule has 1 aliphatic carbocycles. The molecule has 1 aliphatic rings. The van der Waals surface area contributed by atoms with Gasteiger partial charge in [0.25, 0.3) is 0 Å². The Morgan fingerprint density at radius 1 is 1.20 bits per heavy atom. The number of aromatic nitrogens is 4. The molecule has 0 bridgehead atoms. The molecule has 0 fully saturated rings. The fraction of sp³-hybridized carbons (Fsp3) is 0.133. The lowest BCUT2D eigenvalue weighted by atomic mass is 10.2. The number of nitrogens with one attached hydrogen (secondary N) is 1. The first-order valence-electron chi connectivity index (χ1n) is 6.65. The van der Waals surface area contributed by atoms with Crippen LogP contribution in [0.15, 0.2) is 48.2 Å². The first-order chi connectivity index (χ1) is 9.86. The second-order valence-corrected chi connectivity index (χ2v) is 4.68. The average molecular weight is 263 g/mol. The quantitative estimate of drug-likeness (QED) is 0.789. The number of nitrogens with zero attached hydrogens (tertiary/aromatic N) is 4. The molecule has 3 aromatic rings. The molecular formula is C15H13N5. The van der Waals surface area contributed by atoms with Crippen molar-refractivity contribution in [3.05, 3.63) is 54.0 Å². The topological polar surface area (TPSA) is 55.1 Å². The normalized spacial score (nSPS) is 13.6. The molecule has 0 atom stereocenters. The highest BCUT2D eigenvalue weighted by Gasteiger charge is 2.14. The van der Waals surface area contributed by atoms with E-state index in [1.807, 2.05) is 42.5 Å². The van der Waals surface area contributed by atoms with E-state index in [1.165, 1.54) is 0 Å². The molecule has 0 saturated heterocycles. The van der Waals surface area contributed by atoms with Crippen LogP contribution in [-0.4, -0.2) is 19.6 Å². The maximum atomic E-state index is 4.66. The minimum absolute atomic E-state index is 0.742. The van der Waals surface area contributed by atoms with Gasteiger partial charge in [-0.15, -0.1) is 10.2 Å². The Balaban J connectivity index is 2.03. The zero-order chi connectivity index (χ0) is 13.5. The number of aryl methyl sites for hydroxylation is 1. The summed E-state index contributed by atoms with van der Waals surface area (Å²) in [5, 5.41) is 11.8. The van der Waals surface area contributed by atoms with Crippen LogP contribution >= 0.6 is 0 Å². The second-order valence-electron chi connectivity index (χ2n) is 4.68. The second kappa shape index (κ2) is 4.16. The van der Waals surface area contributed by atoms with Crippen molar-refractivity contribution in [1.29, 1.82) is 0 Å². The fourth-order valence-corrected chi connectivity index (χ4v) is 2.37. The van der Waals surface area contributed by atoms with Crippen LogP contribution in [0, 0.1) is 0 Å². The van der Waals surface area contributed by atoms with Crippen LogP contribution in [0.3, 0.4) is 0 Å². The summed E-state index contributed by atoms with van der Waals surface area (Å²) in [6.45, 7) is 2.08. The molecule has 0 aliphatic heterocycles. The Labute approximate surface area is 115 Å². The van der Waals surface area contributed by atoms with Gasteiger partial charge in [-0.3, -0.25) is 4.40 Å². The van der Waals surface area contributed by atoms with Crippen LogP contribution in [-0.2, 0) is 6.42 Å². The first-order valence-corrected chi connectivity index (χ1v) is 6.65. The van der Waals surface area contributed by atoms with Gasteiger partial charge in [0.1, 0.15) is 5.82 Å². The molecule has 5 nitrogen and oxygen atoms in total. The summed E-state index contributed by atoms with van der Waals surface area (Å²) in [5.41, 5.74) is 3.77. The van der Waals surface area contributed by atoms with Crippen molar-refractivity contribution in [2.75, 3.05) is 5.32 Å². The highest BCUT2D eigenvalue weighted by Crippen LogP contribution is 2.23. The third-order valence-electron chi connectivity index (χ3n) is 3.43. The highest BCUT2D eigenvalue weighted by atomic mass is 15.3. The van der Waals surface area contributed by atoms with E-state index in [9.17, 15) is 0 Å². The zero-order valence-electron chi connectivity index (χ0n) is 11.0. The molecular weight excluding hydrogens is 250 g/mol. The minimum atomic E-state index is 0.742. The molecule has 98 valence electrons. The zero-order valence-corrected chi connectivity index (χ0v) is 11.0. The van der Waals surface area contributed by atoms with Crippen LogP contribution in [0.5, 0.6) is 0 Å². The summed E-state index contributed by atoms with van der Waals surface area (Å²) >= 11 is 0. The van der Waals surface area contributed by atoms with E-state index in [2.05, 4.69) is 31.8 Å². The van der Waals surface area contributed by atoms with E-state index >= 15 is 0 Å². The molecule has 5 heteroatoms. The van der Waals surface area contributed by atoms with Crippen LogP contribution in [0.2, 0.25) is 0 Å². The van der Waals surface area contributed by atoms with Gasteiger partial charge < -0.3 is 5.32 Å². The number of para-hydroxylation sites is 2. The van der Waals surface area contributed by atoms with E-state index in [0.29, 0.717) is 0 Å². The molecule has 2 heterocycles. The third-order valence-corrected chi connectivity index (χ3v) is 3.43. The van der Waals surface area contributed by atoms with Crippen molar-refractivity contribution >= 4 is 22.5 Å². The number of benzene rings is 1. The van der Waals surface area contributed by atoms with Crippen LogP contribution in [0.4, 0.5) is 5.82 Å². The number of anilines is 1. The molecule has 1 aromatic carbocycles. The van der Waals surface area contributed by atoms with Gasteiger partial charge in [0.2, 0.25) is 5.65 Å². The summed E-state index contributed by atoms with van der Waals surface area (Å²) in [5.74, 6) is 1.69. The Hall–Kier alpha value is -2.69. The maximum absolute atomic E-state index is 4.66. The molecule has 4 rings (SSSR count).